The molecule has 172 valence electrons. The molecule has 0 bridgehead atoms. The Bertz CT molecular complexity index is 1180. The maximum Gasteiger partial charge on any atom is 0.387 e. The van der Waals surface area contributed by atoms with Crippen molar-refractivity contribution in [2.24, 2.45) is 0 Å². The molecule has 11 heteroatoms. The van der Waals surface area contributed by atoms with Gasteiger partial charge in [0.1, 0.15) is 11.4 Å². The van der Waals surface area contributed by atoms with Gasteiger partial charge in [0, 0.05) is 35.2 Å². The standard InChI is InChI=1S/C22H20F2N4O4S/c1-13-19(14-4-7-16(8-5-14)32-21(23)24)25-22(33-13)26-20(29)15-6-9-17(18(12-15)28(30)31)27-10-2-3-11-27/h4-9,12,21H,2-3,10-11H2,1H3,(H,25,26,29). The zero-order valence-corrected chi connectivity index (χ0v) is 18.4. The second kappa shape index (κ2) is 9.49. The van der Waals surface area contributed by atoms with Crippen molar-refractivity contribution in [2.45, 2.75) is 26.4 Å². The van der Waals surface area contributed by atoms with Gasteiger partial charge in [0.25, 0.3) is 11.6 Å². The molecule has 0 spiro atoms. The van der Waals surface area contributed by atoms with Crippen LogP contribution < -0.4 is 15.0 Å². The van der Waals surface area contributed by atoms with Crippen LogP contribution in [0.15, 0.2) is 42.5 Å². The van der Waals surface area contributed by atoms with Crippen LogP contribution in [0.5, 0.6) is 5.75 Å². The van der Waals surface area contributed by atoms with Crippen LogP contribution in [0.1, 0.15) is 28.1 Å². The number of nitro groups is 1. The summed E-state index contributed by atoms with van der Waals surface area (Å²) in [6, 6.07) is 10.5. The van der Waals surface area contributed by atoms with E-state index in [-0.39, 0.29) is 17.0 Å². The number of aryl methyl sites for hydroxylation is 1. The lowest BCUT2D eigenvalue weighted by atomic mass is 10.1. The summed E-state index contributed by atoms with van der Waals surface area (Å²) < 4.78 is 29.0. The Hall–Kier alpha value is -3.60. The lowest BCUT2D eigenvalue weighted by Crippen LogP contribution is -2.19. The highest BCUT2D eigenvalue weighted by Gasteiger charge is 2.24. The summed E-state index contributed by atoms with van der Waals surface area (Å²) in [6.45, 7) is 0.423. The van der Waals surface area contributed by atoms with Gasteiger partial charge in [-0.05, 0) is 56.2 Å². The molecule has 3 aromatic rings. The van der Waals surface area contributed by atoms with Crippen LogP contribution in [0.3, 0.4) is 0 Å². The first-order valence-electron chi connectivity index (χ1n) is 10.2. The number of nitro benzene ring substituents is 1. The highest BCUT2D eigenvalue weighted by atomic mass is 32.1. The molecule has 1 fully saturated rings. The normalized spacial score (nSPS) is 13.4. The molecule has 2 heterocycles. The van der Waals surface area contributed by atoms with Crippen molar-refractivity contribution in [3.63, 3.8) is 0 Å². The molecule has 0 atom stereocenters. The number of carbonyl (C=O) groups excluding carboxylic acids is 1. The Morgan fingerprint density at radius 1 is 1.21 bits per heavy atom. The minimum Gasteiger partial charge on any atom is -0.435 e. The van der Waals surface area contributed by atoms with Crippen LogP contribution in [-0.2, 0) is 0 Å². The predicted molar refractivity (Wildman–Crippen MR) is 121 cm³/mol. The Labute approximate surface area is 192 Å². The molecular weight excluding hydrogens is 454 g/mol. The van der Waals surface area contributed by atoms with Crippen LogP contribution in [0.25, 0.3) is 11.3 Å². The molecule has 0 saturated carbocycles. The Kier molecular flexibility index (Phi) is 6.50. The molecule has 4 rings (SSSR count). The van der Waals surface area contributed by atoms with Crippen molar-refractivity contribution in [3.05, 3.63) is 63.0 Å². The average molecular weight is 474 g/mol. The SMILES string of the molecule is Cc1sc(NC(=O)c2ccc(N3CCCC3)c([N+](=O)[O-])c2)nc1-c1ccc(OC(F)F)cc1. The third-order valence-corrected chi connectivity index (χ3v) is 6.14. The lowest BCUT2D eigenvalue weighted by molar-refractivity contribution is -0.384. The van der Waals surface area contributed by atoms with E-state index in [1.54, 1.807) is 24.3 Å². The van der Waals surface area contributed by atoms with Crippen molar-refractivity contribution in [3.8, 4) is 17.0 Å². The molecule has 1 aliphatic rings. The predicted octanol–water partition coefficient (Wildman–Crippen LogP) is 5.48. The number of hydrogen-bond donors (Lipinski definition) is 1. The molecule has 1 amide bonds. The summed E-state index contributed by atoms with van der Waals surface area (Å²) in [5.41, 5.74) is 1.84. The summed E-state index contributed by atoms with van der Waals surface area (Å²) >= 11 is 1.24. The van der Waals surface area contributed by atoms with Crippen LogP contribution in [0.4, 0.5) is 25.3 Å². The summed E-state index contributed by atoms with van der Waals surface area (Å²) in [4.78, 5) is 31.1. The topological polar surface area (TPSA) is 97.6 Å². The molecule has 1 aliphatic heterocycles. The van der Waals surface area contributed by atoms with E-state index in [2.05, 4.69) is 15.0 Å². The van der Waals surface area contributed by atoms with E-state index in [4.69, 9.17) is 0 Å². The fourth-order valence-corrected chi connectivity index (χ4v) is 4.55. The van der Waals surface area contributed by atoms with Crippen molar-refractivity contribution in [1.82, 2.24) is 4.98 Å². The fourth-order valence-electron chi connectivity index (χ4n) is 3.72. The molecule has 0 unspecified atom stereocenters. The smallest absolute Gasteiger partial charge is 0.387 e. The van der Waals surface area contributed by atoms with Crippen molar-refractivity contribution in [2.75, 3.05) is 23.3 Å². The fraction of sp³-hybridized carbons (Fsp3) is 0.273. The Morgan fingerprint density at radius 2 is 1.91 bits per heavy atom. The van der Waals surface area contributed by atoms with E-state index in [0.29, 0.717) is 22.1 Å². The van der Waals surface area contributed by atoms with Gasteiger partial charge >= 0.3 is 6.61 Å². The number of benzene rings is 2. The minimum absolute atomic E-state index is 0.0362. The maximum absolute atomic E-state index is 12.8. The van der Waals surface area contributed by atoms with Crippen molar-refractivity contribution < 1.29 is 23.2 Å². The zero-order valence-electron chi connectivity index (χ0n) is 17.6. The first kappa shape index (κ1) is 22.6. The van der Waals surface area contributed by atoms with Gasteiger partial charge in [-0.3, -0.25) is 20.2 Å². The van der Waals surface area contributed by atoms with Gasteiger partial charge in [0.05, 0.1) is 10.6 Å². The highest BCUT2D eigenvalue weighted by molar-refractivity contribution is 7.16. The van der Waals surface area contributed by atoms with E-state index in [1.807, 2.05) is 11.8 Å². The Morgan fingerprint density at radius 3 is 2.55 bits per heavy atom. The molecule has 0 radical (unpaired) electrons. The van der Waals surface area contributed by atoms with Crippen molar-refractivity contribution in [1.29, 1.82) is 0 Å². The summed E-state index contributed by atoms with van der Waals surface area (Å²) in [7, 11) is 0. The van der Waals surface area contributed by atoms with Gasteiger partial charge in [0.2, 0.25) is 0 Å². The number of aromatic nitrogens is 1. The number of rotatable bonds is 7. The summed E-state index contributed by atoms with van der Waals surface area (Å²) in [5, 5.41) is 14.6. The van der Waals surface area contributed by atoms with Gasteiger partial charge in [-0.25, -0.2) is 4.98 Å². The number of alkyl halides is 2. The molecule has 0 aliphatic carbocycles. The highest BCUT2D eigenvalue weighted by Crippen LogP contribution is 2.34. The number of nitrogens with zero attached hydrogens (tertiary/aromatic N) is 3. The van der Waals surface area contributed by atoms with Gasteiger partial charge in [-0.2, -0.15) is 8.78 Å². The van der Waals surface area contributed by atoms with Gasteiger partial charge in [0.15, 0.2) is 5.13 Å². The van der Waals surface area contributed by atoms with Gasteiger partial charge in [-0.15, -0.1) is 11.3 Å². The molecular formula is C22H20F2N4O4S. The van der Waals surface area contributed by atoms with Crippen LogP contribution in [0.2, 0.25) is 0 Å². The molecule has 1 N–H and O–H groups in total. The van der Waals surface area contributed by atoms with E-state index >= 15 is 0 Å². The number of hydrogen-bond acceptors (Lipinski definition) is 7. The number of anilines is 2. The number of carbonyl (C=O) groups is 1. The first-order chi connectivity index (χ1) is 15.8. The third kappa shape index (κ3) is 5.08. The zero-order chi connectivity index (χ0) is 23.5. The van der Waals surface area contributed by atoms with Gasteiger partial charge in [-0.1, -0.05) is 0 Å². The van der Waals surface area contributed by atoms with Crippen molar-refractivity contribution >= 4 is 33.8 Å². The monoisotopic (exact) mass is 474 g/mol. The molecule has 1 saturated heterocycles. The first-order valence-corrected chi connectivity index (χ1v) is 11.0. The summed E-state index contributed by atoms with van der Waals surface area (Å²) in [5.74, 6) is -0.471. The quantitative estimate of drug-likeness (QED) is 0.360. The number of ether oxygens (including phenoxy) is 1. The lowest BCUT2D eigenvalue weighted by Gasteiger charge is -2.17. The number of halogens is 2. The Balaban J connectivity index is 1.52. The molecule has 33 heavy (non-hydrogen) atoms. The molecule has 8 nitrogen and oxygen atoms in total. The van der Waals surface area contributed by atoms with E-state index in [1.165, 1.54) is 29.5 Å². The van der Waals surface area contributed by atoms with E-state index in [0.717, 1.165) is 30.8 Å². The van der Waals surface area contributed by atoms with Gasteiger partial charge < -0.3 is 9.64 Å². The largest absolute Gasteiger partial charge is 0.435 e. The number of nitrogens with one attached hydrogen (secondary N) is 1. The number of amides is 1. The maximum atomic E-state index is 12.8. The van der Waals surface area contributed by atoms with Crippen LogP contribution >= 0.6 is 11.3 Å². The van der Waals surface area contributed by atoms with E-state index in [9.17, 15) is 23.7 Å². The van der Waals surface area contributed by atoms with E-state index < -0.39 is 17.4 Å². The molecule has 1 aromatic heterocycles. The van der Waals surface area contributed by atoms with Crippen LogP contribution in [-0.4, -0.2) is 35.5 Å². The second-order valence-corrected chi connectivity index (χ2v) is 8.64. The average Bonchev–Trinajstić information content (AvgIpc) is 3.43. The summed E-state index contributed by atoms with van der Waals surface area (Å²) in [6.07, 6.45) is 1.96. The minimum atomic E-state index is -2.90. The van der Waals surface area contributed by atoms with Crippen LogP contribution in [0, 0.1) is 17.0 Å². The number of thiazole rings is 1. The third-order valence-electron chi connectivity index (χ3n) is 5.25. The second-order valence-electron chi connectivity index (χ2n) is 7.44. The molecule has 2 aromatic carbocycles.